The van der Waals surface area contributed by atoms with E-state index in [9.17, 15) is 15.2 Å². The fourth-order valence-corrected chi connectivity index (χ4v) is 3.11. The molecule has 1 aliphatic carbocycles. The van der Waals surface area contributed by atoms with Gasteiger partial charge in [-0.15, -0.1) is 0 Å². The molecule has 3 nitrogen and oxygen atoms in total. The molecule has 1 N–H and O–H groups in total. The average molecular weight is 243 g/mol. The average Bonchev–Trinajstić information content (AvgIpc) is 2.41. The summed E-state index contributed by atoms with van der Waals surface area (Å²) in [6.45, 7) is 0. The Morgan fingerprint density at radius 3 is 2.33 bits per heavy atom. The Labute approximate surface area is 107 Å². The van der Waals surface area contributed by atoms with Crippen molar-refractivity contribution in [2.75, 3.05) is 0 Å². The van der Waals surface area contributed by atoms with Crippen LogP contribution < -0.4 is 0 Å². The number of carboxylic acid groups (broad SMARTS) is 1. The fraction of sp³-hybridized carbons (Fsp3) is 0.467. The summed E-state index contributed by atoms with van der Waals surface area (Å²) in [6.07, 6.45) is 4.72. The van der Waals surface area contributed by atoms with Crippen molar-refractivity contribution in [1.29, 1.82) is 5.26 Å². The Kier molecular flexibility index (Phi) is 3.66. The summed E-state index contributed by atoms with van der Waals surface area (Å²) in [5.74, 6) is -1.94. The van der Waals surface area contributed by atoms with E-state index in [2.05, 4.69) is 0 Å². The molecule has 0 saturated heterocycles. The van der Waals surface area contributed by atoms with Crippen LogP contribution in [0.1, 0.15) is 37.7 Å². The van der Waals surface area contributed by atoms with Crippen molar-refractivity contribution in [3.05, 3.63) is 35.9 Å². The summed E-state index contributed by atoms with van der Waals surface area (Å²) in [7, 11) is 0. The summed E-state index contributed by atoms with van der Waals surface area (Å²) < 4.78 is 0. The van der Waals surface area contributed by atoms with Gasteiger partial charge >= 0.3 is 5.97 Å². The molecular weight excluding hydrogens is 226 g/mol. The number of aliphatic carboxylic acids is 1. The molecule has 0 aromatic heterocycles. The molecule has 3 heteroatoms. The highest BCUT2D eigenvalue weighted by Crippen LogP contribution is 2.45. The van der Waals surface area contributed by atoms with Crippen LogP contribution in [0, 0.1) is 17.2 Å². The van der Waals surface area contributed by atoms with Gasteiger partial charge in [-0.1, -0.05) is 49.6 Å². The molecular formula is C15H17NO2. The van der Waals surface area contributed by atoms with Crippen molar-refractivity contribution in [3.63, 3.8) is 0 Å². The SMILES string of the molecule is N#CC(C(=O)O)C1(c2ccccc2)CCCCC1. The molecule has 0 heterocycles. The Bertz CT molecular complexity index is 455. The number of nitriles is 1. The number of carbonyl (C=O) groups is 1. The molecule has 1 fully saturated rings. The Hall–Kier alpha value is -1.82. The zero-order valence-corrected chi connectivity index (χ0v) is 10.3. The van der Waals surface area contributed by atoms with Gasteiger partial charge in [-0.3, -0.25) is 4.79 Å². The molecule has 0 amide bonds. The van der Waals surface area contributed by atoms with E-state index < -0.39 is 17.3 Å². The van der Waals surface area contributed by atoms with E-state index in [4.69, 9.17) is 0 Å². The van der Waals surface area contributed by atoms with Crippen LogP contribution in [0.3, 0.4) is 0 Å². The van der Waals surface area contributed by atoms with Crippen LogP contribution in [-0.4, -0.2) is 11.1 Å². The van der Waals surface area contributed by atoms with Gasteiger partial charge in [0.15, 0.2) is 5.92 Å². The van der Waals surface area contributed by atoms with E-state index in [0.717, 1.165) is 37.7 Å². The van der Waals surface area contributed by atoms with Crippen molar-refractivity contribution in [3.8, 4) is 6.07 Å². The lowest BCUT2D eigenvalue weighted by atomic mass is 9.62. The summed E-state index contributed by atoms with van der Waals surface area (Å²) in [6, 6.07) is 11.7. The van der Waals surface area contributed by atoms with Gasteiger partial charge in [0.25, 0.3) is 0 Å². The van der Waals surface area contributed by atoms with E-state index in [1.165, 1.54) is 0 Å². The Balaban J connectivity index is 2.47. The van der Waals surface area contributed by atoms with Crippen LogP contribution in [0.4, 0.5) is 0 Å². The maximum atomic E-state index is 11.4. The Morgan fingerprint density at radius 2 is 1.83 bits per heavy atom. The molecule has 1 saturated carbocycles. The van der Waals surface area contributed by atoms with Crippen LogP contribution in [0.15, 0.2) is 30.3 Å². The van der Waals surface area contributed by atoms with E-state index in [-0.39, 0.29) is 0 Å². The van der Waals surface area contributed by atoms with Crippen LogP contribution in [-0.2, 0) is 10.2 Å². The van der Waals surface area contributed by atoms with Crippen LogP contribution in [0.25, 0.3) is 0 Å². The highest BCUT2D eigenvalue weighted by atomic mass is 16.4. The maximum absolute atomic E-state index is 11.4. The van der Waals surface area contributed by atoms with Crippen molar-refractivity contribution >= 4 is 5.97 Å². The van der Waals surface area contributed by atoms with Gasteiger partial charge in [-0.2, -0.15) is 5.26 Å². The minimum atomic E-state index is -0.997. The lowest BCUT2D eigenvalue weighted by molar-refractivity contribution is -0.142. The minimum Gasteiger partial charge on any atom is -0.480 e. The van der Waals surface area contributed by atoms with Gasteiger partial charge in [0, 0.05) is 5.41 Å². The van der Waals surface area contributed by atoms with Crippen molar-refractivity contribution in [2.45, 2.75) is 37.5 Å². The van der Waals surface area contributed by atoms with Crippen LogP contribution in [0.5, 0.6) is 0 Å². The molecule has 1 atom stereocenters. The fourth-order valence-electron chi connectivity index (χ4n) is 3.11. The van der Waals surface area contributed by atoms with Crippen molar-refractivity contribution in [1.82, 2.24) is 0 Å². The van der Waals surface area contributed by atoms with Gasteiger partial charge in [-0.25, -0.2) is 0 Å². The van der Waals surface area contributed by atoms with E-state index >= 15 is 0 Å². The van der Waals surface area contributed by atoms with Crippen LogP contribution >= 0.6 is 0 Å². The second kappa shape index (κ2) is 5.22. The minimum absolute atomic E-state index is 0.500. The molecule has 1 unspecified atom stereocenters. The summed E-state index contributed by atoms with van der Waals surface area (Å²) in [4.78, 5) is 11.4. The van der Waals surface area contributed by atoms with E-state index in [1.54, 1.807) is 0 Å². The topological polar surface area (TPSA) is 61.1 Å². The number of rotatable bonds is 3. The molecule has 2 rings (SSSR count). The largest absolute Gasteiger partial charge is 0.480 e. The van der Waals surface area contributed by atoms with E-state index in [1.807, 2.05) is 36.4 Å². The van der Waals surface area contributed by atoms with Crippen LogP contribution in [0.2, 0.25) is 0 Å². The van der Waals surface area contributed by atoms with Gasteiger partial charge in [0.2, 0.25) is 0 Å². The molecule has 18 heavy (non-hydrogen) atoms. The predicted octanol–water partition coefficient (Wildman–Crippen LogP) is 3.11. The molecule has 0 spiro atoms. The second-order valence-electron chi connectivity index (χ2n) is 4.98. The first kappa shape index (κ1) is 12.6. The molecule has 0 bridgehead atoms. The third-order valence-corrected chi connectivity index (χ3v) is 4.02. The van der Waals surface area contributed by atoms with E-state index in [0.29, 0.717) is 0 Å². The van der Waals surface area contributed by atoms with Gasteiger partial charge in [-0.05, 0) is 18.4 Å². The summed E-state index contributed by atoms with van der Waals surface area (Å²) >= 11 is 0. The second-order valence-corrected chi connectivity index (χ2v) is 4.98. The number of hydrogen-bond acceptors (Lipinski definition) is 2. The number of hydrogen-bond donors (Lipinski definition) is 1. The number of nitrogens with zero attached hydrogens (tertiary/aromatic N) is 1. The highest BCUT2D eigenvalue weighted by molar-refractivity contribution is 5.75. The molecule has 1 aromatic rings. The zero-order valence-electron chi connectivity index (χ0n) is 10.3. The first-order valence-corrected chi connectivity index (χ1v) is 6.39. The first-order chi connectivity index (χ1) is 8.70. The summed E-state index contributed by atoms with van der Waals surface area (Å²) in [5, 5.41) is 18.6. The zero-order chi connectivity index (χ0) is 13.0. The number of carboxylic acids is 1. The van der Waals surface area contributed by atoms with Gasteiger partial charge in [0.1, 0.15) is 0 Å². The lowest BCUT2D eigenvalue weighted by Crippen LogP contribution is -2.40. The normalized spacial score (nSPS) is 19.7. The maximum Gasteiger partial charge on any atom is 0.321 e. The molecule has 1 aliphatic rings. The monoisotopic (exact) mass is 243 g/mol. The molecule has 1 aromatic carbocycles. The third-order valence-electron chi connectivity index (χ3n) is 4.02. The van der Waals surface area contributed by atoms with Crippen molar-refractivity contribution < 1.29 is 9.90 Å². The number of benzene rings is 1. The third kappa shape index (κ3) is 2.11. The summed E-state index contributed by atoms with van der Waals surface area (Å²) in [5.41, 5.74) is 0.499. The first-order valence-electron chi connectivity index (χ1n) is 6.39. The quantitative estimate of drug-likeness (QED) is 0.887. The van der Waals surface area contributed by atoms with Gasteiger partial charge in [0.05, 0.1) is 6.07 Å². The molecule has 0 radical (unpaired) electrons. The van der Waals surface area contributed by atoms with Gasteiger partial charge < -0.3 is 5.11 Å². The predicted molar refractivity (Wildman–Crippen MR) is 67.9 cm³/mol. The molecule has 94 valence electrons. The highest BCUT2D eigenvalue weighted by Gasteiger charge is 2.45. The Morgan fingerprint density at radius 1 is 1.22 bits per heavy atom. The molecule has 0 aliphatic heterocycles. The lowest BCUT2D eigenvalue weighted by Gasteiger charge is -2.39. The smallest absolute Gasteiger partial charge is 0.321 e. The van der Waals surface area contributed by atoms with Crippen molar-refractivity contribution in [2.24, 2.45) is 5.92 Å². The standard InChI is InChI=1S/C15H17NO2/c16-11-13(14(17)18)15(9-5-2-6-10-15)12-7-3-1-4-8-12/h1,3-4,7-8,13H,2,5-6,9-10H2,(H,17,18).